The highest BCUT2D eigenvalue weighted by Crippen LogP contribution is 2.37. The van der Waals surface area contributed by atoms with Gasteiger partial charge < -0.3 is 18.9 Å². The maximum absolute atomic E-state index is 13.5. The summed E-state index contributed by atoms with van der Waals surface area (Å²) in [5.41, 5.74) is 1.28. The van der Waals surface area contributed by atoms with Crippen LogP contribution in [0.15, 0.2) is 36.4 Å². The molecular formula is C21H20N2O5S. The normalized spacial score (nSPS) is 17.6. The van der Waals surface area contributed by atoms with Crippen LogP contribution in [0.2, 0.25) is 0 Å². The van der Waals surface area contributed by atoms with Gasteiger partial charge in [-0.1, -0.05) is 17.4 Å². The van der Waals surface area contributed by atoms with Gasteiger partial charge in [-0.25, -0.2) is 4.98 Å². The van der Waals surface area contributed by atoms with Gasteiger partial charge in [-0.3, -0.25) is 9.69 Å². The Morgan fingerprint density at radius 3 is 3.00 bits per heavy atom. The Labute approximate surface area is 171 Å². The van der Waals surface area contributed by atoms with Crippen molar-refractivity contribution in [3.05, 3.63) is 42.0 Å². The number of methoxy groups -OCH3 is 1. The van der Waals surface area contributed by atoms with Crippen LogP contribution in [0.4, 0.5) is 5.13 Å². The largest absolute Gasteiger partial charge is 0.494 e. The van der Waals surface area contributed by atoms with E-state index in [9.17, 15) is 4.79 Å². The van der Waals surface area contributed by atoms with Gasteiger partial charge in [0, 0.05) is 12.2 Å². The molecule has 5 rings (SSSR count). The zero-order valence-corrected chi connectivity index (χ0v) is 16.7. The number of thiazole rings is 1. The summed E-state index contributed by atoms with van der Waals surface area (Å²) in [4.78, 5) is 19.9. The molecule has 3 aromatic rings. The lowest BCUT2D eigenvalue weighted by Crippen LogP contribution is -2.37. The highest BCUT2D eigenvalue weighted by molar-refractivity contribution is 7.22. The van der Waals surface area contributed by atoms with Gasteiger partial charge in [0.15, 0.2) is 16.6 Å². The summed E-state index contributed by atoms with van der Waals surface area (Å²) in [7, 11) is 1.62. The number of fused-ring (bicyclic) bond motifs is 2. The van der Waals surface area contributed by atoms with Crippen molar-refractivity contribution in [3.63, 3.8) is 0 Å². The van der Waals surface area contributed by atoms with Crippen LogP contribution >= 0.6 is 11.3 Å². The van der Waals surface area contributed by atoms with Crippen LogP contribution in [0.5, 0.6) is 17.2 Å². The van der Waals surface area contributed by atoms with Gasteiger partial charge in [-0.15, -0.1) is 0 Å². The summed E-state index contributed by atoms with van der Waals surface area (Å²) < 4.78 is 23.0. The Morgan fingerprint density at radius 2 is 2.17 bits per heavy atom. The maximum atomic E-state index is 13.5. The summed E-state index contributed by atoms with van der Waals surface area (Å²) in [5, 5.41) is 0.627. The average molecular weight is 412 g/mol. The first kappa shape index (κ1) is 18.2. The van der Waals surface area contributed by atoms with Gasteiger partial charge in [0.2, 0.25) is 6.79 Å². The minimum atomic E-state index is -0.142. The molecule has 7 nitrogen and oxygen atoms in total. The van der Waals surface area contributed by atoms with Crippen LogP contribution in [0.1, 0.15) is 23.2 Å². The Morgan fingerprint density at radius 1 is 1.28 bits per heavy atom. The second kappa shape index (κ2) is 7.53. The van der Waals surface area contributed by atoms with Crippen LogP contribution in [0.3, 0.4) is 0 Å². The summed E-state index contributed by atoms with van der Waals surface area (Å²) >= 11 is 1.47. The predicted molar refractivity (Wildman–Crippen MR) is 109 cm³/mol. The lowest BCUT2D eigenvalue weighted by Gasteiger charge is -2.23. The van der Waals surface area contributed by atoms with E-state index in [1.807, 2.05) is 18.2 Å². The molecule has 1 saturated heterocycles. The molecule has 1 amide bonds. The first-order valence-electron chi connectivity index (χ1n) is 9.49. The standard InChI is InChI=1S/C21H20N2O5S/c1-25-16-5-2-6-18-19(16)22-21(29-18)23(11-14-4-3-9-26-14)20(24)13-7-8-15-17(10-13)28-12-27-15/h2,5-8,10,14H,3-4,9,11-12H2,1H3. The molecule has 1 atom stereocenters. The van der Waals surface area contributed by atoms with Crippen LogP contribution in [-0.2, 0) is 4.74 Å². The van der Waals surface area contributed by atoms with E-state index in [0.29, 0.717) is 34.5 Å². The zero-order chi connectivity index (χ0) is 19.8. The molecule has 8 heteroatoms. The van der Waals surface area contributed by atoms with Crippen molar-refractivity contribution in [1.82, 2.24) is 4.98 Å². The predicted octanol–water partition coefficient (Wildman–Crippen LogP) is 3.86. The average Bonchev–Trinajstić information content (AvgIpc) is 3.50. The number of amides is 1. The third-order valence-corrected chi connectivity index (χ3v) is 6.14. The van der Waals surface area contributed by atoms with E-state index >= 15 is 0 Å². The van der Waals surface area contributed by atoms with E-state index in [0.717, 1.165) is 29.7 Å². The molecule has 0 radical (unpaired) electrons. The van der Waals surface area contributed by atoms with E-state index in [4.69, 9.17) is 23.9 Å². The second-order valence-corrected chi connectivity index (χ2v) is 7.93. The lowest BCUT2D eigenvalue weighted by atomic mass is 10.1. The van der Waals surface area contributed by atoms with Crippen LogP contribution in [0, 0.1) is 0 Å². The second-order valence-electron chi connectivity index (χ2n) is 6.92. The van der Waals surface area contributed by atoms with Gasteiger partial charge in [0.05, 0.1) is 24.5 Å². The molecule has 2 aliphatic heterocycles. The SMILES string of the molecule is COc1cccc2sc(N(CC3CCCO3)C(=O)c3ccc4c(c3)OCO4)nc12. The van der Waals surface area contributed by atoms with Crippen molar-refractivity contribution in [2.45, 2.75) is 18.9 Å². The number of hydrogen-bond donors (Lipinski definition) is 0. The van der Waals surface area contributed by atoms with Crippen molar-refractivity contribution in [2.24, 2.45) is 0 Å². The van der Waals surface area contributed by atoms with Crippen molar-refractivity contribution < 1.29 is 23.7 Å². The summed E-state index contributed by atoms with van der Waals surface area (Å²) in [6.07, 6.45) is 1.94. The number of rotatable bonds is 5. The molecule has 1 aromatic heterocycles. The number of para-hydroxylation sites is 1. The molecular weight excluding hydrogens is 392 g/mol. The molecule has 0 bridgehead atoms. The van der Waals surface area contributed by atoms with E-state index in [2.05, 4.69) is 0 Å². The molecule has 0 N–H and O–H groups in total. The number of aromatic nitrogens is 1. The number of benzene rings is 2. The van der Waals surface area contributed by atoms with Gasteiger partial charge >= 0.3 is 0 Å². The lowest BCUT2D eigenvalue weighted by molar-refractivity contribution is 0.0917. The molecule has 2 aliphatic rings. The Hall–Kier alpha value is -2.84. The number of hydrogen-bond acceptors (Lipinski definition) is 7. The maximum Gasteiger partial charge on any atom is 0.260 e. The summed E-state index contributed by atoms with van der Waals surface area (Å²) in [6.45, 7) is 1.35. The van der Waals surface area contributed by atoms with Gasteiger partial charge in [0.25, 0.3) is 5.91 Å². The number of carbonyl (C=O) groups is 1. The Balaban J connectivity index is 1.53. The molecule has 1 unspecified atom stereocenters. The van der Waals surface area contributed by atoms with Gasteiger partial charge in [0.1, 0.15) is 11.3 Å². The molecule has 2 aromatic carbocycles. The minimum Gasteiger partial charge on any atom is -0.494 e. The van der Waals surface area contributed by atoms with Crippen LogP contribution in [-0.4, -0.2) is 44.0 Å². The zero-order valence-electron chi connectivity index (χ0n) is 15.9. The highest BCUT2D eigenvalue weighted by Gasteiger charge is 2.28. The van der Waals surface area contributed by atoms with Crippen molar-refractivity contribution in [3.8, 4) is 17.2 Å². The van der Waals surface area contributed by atoms with E-state index in [1.54, 1.807) is 30.2 Å². The van der Waals surface area contributed by atoms with Crippen molar-refractivity contribution in [1.29, 1.82) is 0 Å². The Kier molecular flexibility index (Phi) is 4.73. The number of carbonyl (C=O) groups excluding carboxylic acids is 1. The first-order chi connectivity index (χ1) is 14.2. The van der Waals surface area contributed by atoms with E-state index < -0.39 is 0 Å². The van der Waals surface area contributed by atoms with Crippen LogP contribution < -0.4 is 19.1 Å². The molecule has 0 aliphatic carbocycles. The van der Waals surface area contributed by atoms with E-state index in [1.165, 1.54) is 11.3 Å². The third kappa shape index (κ3) is 3.38. The number of nitrogens with zero attached hydrogens (tertiary/aromatic N) is 2. The summed E-state index contributed by atoms with van der Waals surface area (Å²) in [6, 6.07) is 11.0. The molecule has 0 saturated carbocycles. The molecule has 3 heterocycles. The molecule has 29 heavy (non-hydrogen) atoms. The van der Waals surface area contributed by atoms with Gasteiger partial charge in [-0.2, -0.15) is 0 Å². The molecule has 0 spiro atoms. The topological polar surface area (TPSA) is 70.1 Å². The smallest absolute Gasteiger partial charge is 0.260 e. The first-order valence-corrected chi connectivity index (χ1v) is 10.3. The van der Waals surface area contributed by atoms with Crippen molar-refractivity contribution >= 4 is 32.6 Å². The third-order valence-electron chi connectivity index (χ3n) is 5.10. The fraction of sp³-hybridized carbons (Fsp3) is 0.333. The van der Waals surface area contributed by atoms with Gasteiger partial charge in [-0.05, 0) is 43.2 Å². The monoisotopic (exact) mass is 412 g/mol. The minimum absolute atomic E-state index is 0.00173. The van der Waals surface area contributed by atoms with Crippen molar-refractivity contribution in [2.75, 3.05) is 32.0 Å². The Bertz CT molecular complexity index is 1060. The number of anilines is 1. The summed E-state index contributed by atoms with van der Waals surface area (Å²) in [5.74, 6) is 1.78. The van der Waals surface area contributed by atoms with E-state index in [-0.39, 0.29) is 18.8 Å². The fourth-order valence-corrected chi connectivity index (χ4v) is 4.61. The molecule has 150 valence electrons. The van der Waals surface area contributed by atoms with Crippen LogP contribution in [0.25, 0.3) is 10.2 Å². The number of ether oxygens (including phenoxy) is 4. The highest BCUT2D eigenvalue weighted by atomic mass is 32.1. The fourth-order valence-electron chi connectivity index (χ4n) is 3.62. The molecule has 1 fully saturated rings. The quantitative estimate of drug-likeness (QED) is 0.634.